The number of thiophene rings is 1. The lowest BCUT2D eigenvalue weighted by molar-refractivity contribution is -0.124. The van der Waals surface area contributed by atoms with Crippen LogP contribution in [0.2, 0.25) is 0 Å². The number of aromatic amines is 1. The van der Waals surface area contributed by atoms with Gasteiger partial charge in [0.15, 0.2) is 11.6 Å². The molecule has 9 heteroatoms. The zero-order chi connectivity index (χ0) is 22.2. The van der Waals surface area contributed by atoms with E-state index in [9.17, 15) is 4.79 Å². The van der Waals surface area contributed by atoms with Crippen molar-refractivity contribution in [3.05, 3.63) is 41.4 Å². The molecule has 0 radical (unpaired) electrons. The molecule has 2 aliphatic rings. The van der Waals surface area contributed by atoms with E-state index in [1.54, 1.807) is 17.4 Å². The Kier molecular flexibility index (Phi) is 5.27. The summed E-state index contributed by atoms with van der Waals surface area (Å²) in [5.74, 6) is 1.68. The van der Waals surface area contributed by atoms with Gasteiger partial charge in [0.1, 0.15) is 0 Å². The third kappa shape index (κ3) is 3.87. The summed E-state index contributed by atoms with van der Waals surface area (Å²) >= 11 is 1.63. The van der Waals surface area contributed by atoms with Crippen molar-refractivity contribution in [1.29, 1.82) is 0 Å². The predicted molar refractivity (Wildman–Crippen MR) is 130 cm³/mol. The van der Waals surface area contributed by atoms with E-state index in [2.05, 4.69) is 21.2 Å². The molecular weight excluding hydrogens is 436 g/mol. The number of carbonyl (C=O) groups is 1. The molecule has 1 N–H and O–H groups in total. The Labute approximate surface area is 194 Å². The van der Waals surface area contributed by atoms with E-state index >= 15 is 0 Å². The summed E-state index contributed by atoms with van der Waals surface area (Å²) in [4.78, 5) is 27.6. The van der Waals surface area contributed by atoms with Crippen LogP contribution in [0, 0.1) is 0 Å². The number of nitrogens with zero attached hydrogens (tertiary/aromatic N) is 5. The third-order valence-electron chi connectivity index (χ3n) is 6.22. The molecule has 1 amide bonds. The maximum Gasteiger partial charge on any atom is 0.246 e. The van der Waals surface area contributed by atoms with Gasteiger partial charge in [-0.05, 0) is 31.1 Å². The quantitative estimate of drug-likeness (QED) is 0.467. The third-order valence-corrected chi connectivity index (χ3v) is 7.30. The van der Waals surface area contributed by atoms with Gasteiger partial charge in [0.25, 0.3) is 0 Å². The Hall–Kier alpha value is -3.30. The number of hydrogen-bond acceptors (Lipinski definition) is 7. The van der Waals surface area contributed by atoms with E-state index in [1.807, 2.05) is 35.4 Å². The molecule has 0 aliphatic carbocycles. The van der Waals surface area contributed by atoms with Crippen LogP contribution in [-0.4, -0.2) is 70.4 Å². The highest BCUT2D eigenvalue weighted by atomic mass is 32.1. The van der Waals surface area contributed by atoms with Crippen molar-refractivity contribution in [3.8, 4) is 11.4 Å². The number of hydrogen-bond donors (Lipinski definition) is 1. The molecule has 2 aliphatic heterocycles. The van der Waals surface area contributed by atoms with Crippen molar-refractivity contribution in [2.24, 2.45) is 0 Å². The molecule has 8 nitrogen and oxygen atoms in total. The molecule has 0 saturated carbocycles. The van der Waals surface area contributed by atoms with E-state index in [0.717, 1.165) is 76.4 Å². The number of morpholine rings is 1. The molecule has 0 unspecified atom stereocenters. The molecular formula is C24H24N6O2S. The van der Waals surface area contributed by atoms with Gasteiger partial charge in [-0.1, -0.05) is 12.1 Å². The number of nitrogens with one attached hydrogen (secondary N) is 1. The van der Waals surface area contributed by atoms with E-state index < -0.39 is 0 Å². The van der Waals surface area contributed by atoms with Gasteiger partial charge in [-0.3, -0.25) is 9.89 Å². The van der Waals surface area contributed by atoms with Crippen molar-refractivity contribution >= 4 is 50.3 Å². The molecule has 168 valence electrons. The summed E-state index contributed by atoms with van der Waals surface area (Å²) < 4.78 is 6.60. The number of fused-ring (bicyclic) bond motifs is 2. The number of H-pyrrole nitrogens is 1. The molecule has 33 heavy (non-hydrogen) atoms. The van der Waals surface area contributed by atoms with Crippen LogP contribution in [-0.2, 0) is 9.53 Å². The van der Waals surface area contributed by atoms with Crippen molar-refractivity contribution < 1.29 is 9.53 Å². The average Bonchev–Trinajstić information content (AvgIpc) is 3.62. The van der Waals surface area contributed by atoms with Crippen LogP contribution in [0.15, 0.2) is 36.5 Å². The number of ether oxygens (including phenoxy) is 1. The lowest BCUT2D eigenvalue weighted by Crippen LogP contribution is -2.36. The molecule has 1 aromatic carbocycles. The molecule has 6 rings (SSSR count). The first-order chi connectivity index (χ1) is 16.3. The summed E-state index contributed by atoms with van der Waals surface area (Å²) in [6.07, 6.45) is 7.59. The topological polar surface area (TPSA) is 87.2 Å². The molecule has 3 aromatic heterocycles. The number of benzene rings is 1. The first kappa shape index (κ1) is 20.3. The van der Waals surface area contributed by atoms with Crippen LogP contribution >= 0.6 is 11.3 Å². The van der Waals surface area contributed by atoms with Gasteiger partial charge in [0.2, 0.25) is 5.91 Å². The largest absolute Gasteiger partial charge is 0.378 e. The zero-order valence-electron chi connectivity index (χ0n) is 18.2. The molecule has 2 saturated heterocycles. The molecule has 4 aromatic rings. The summed E-state index contributed by atoms with van der Waals surface area (Å²) in [5, 5.41) is 8.21. The first-order valence-corrected chi connectivity index (χ1v) is 12.1. The zero-order valence-corrected chi connectivity index (χ0v) is 19.0. The second-order valence-corrected chi connectivity index (χ2v) is 9.42. The second-order valence-electron chi connectivity index (χ2n) is 8.34. The van der Waals surface area contributed by atoms with Gasteiger partial charge in [0, 0.05) is 48.1 Å². The molecule has 2 fully saturated rings. The SMILES string of the molecule is O=C(/C=C/c1cc2nc(-c3cccc4[nH]ncc34)nc(N3CCOCC3)c2s1)N1CCCC1. The molecule has 0 bridgehead atoms. The normalized spacial score (nSPS) is 17.1. The fraction of sp³-hybridized carbons (Fsp3) is 0.333. The van der Waals surface area contributed by atoms with Gasteiger partial charge < -0.3 is 14.5 Å². The van der Waals surface area contributed by atoms with Crippen molar-refractivity contribution in [3.63, 3.8) is 0 Å². The maximum absolute atomic E-state index is 12.5. The van der Waals surface area contributed by atoms with Crippen LogP contribution in [0.25, 0.3) is 38.6 Å². The van der Waals surface area contributed by atoms with Gasteiger partial charge in [0.05, 0.1) is 35.1 Å². The lowest BCUT2D eigenvalue weighted by atomic mass is 10.1. The Morgan fingerprint density at radius 3 is 2.82 bits per heavy atom. The molecule has 5 heterocycles. The van der Waals surface area contributed by atoms with Gasteiger partial charge in [-0.15, -0.1) is 11.3 Å². The Bertz CT molecular complexity index is 1350. The maximum atomic E-state index is 12.5. The van der Waals surface area contributed by atoms with Crippen molar-refractivity contribution in [1.82, 2.24) is 25.1 Å². The van der Waals surface area contributed by atoms with E-state index in [-0.39, 0.29) is 5.91 Å². The molecule has 0 atom stereocenters. The summed E-state index contributed by atoms with van der Waals surface area (Å²) in [7, 11) is 0. The predicted octanol–water partition coefficient (Wildman–Crippen LogP) is 3.71. The van der Waals surface area contributed by atoms with Gasteiger partial charge in [-0.2, -0.15) is 5.10 Å². The Balaban J connectivity index is 1.43. The van der Waals surface area contributed by atoms with E-state index in [0.29, 0.717) is 19.0 Å². The standard InChI is InChI=1S/C24H24N6O2S/c31-21(29-8-1-2-9-29)7-6-16-14-20-22(33-16)24(30-10-12-32-13-11-30)27-23(26-20)17-4-3-5-19-18(17)15-25-28-19/h3-7,14-15H,1-2,8-13H2,(H,25,28)/b7-6+. The monoisotopic (exact) mass is 460 g/mol. The number of rotatable bonds is 4. The smallest absolute Gasteiger partial charge is 0.246 e. The first-order valence-electron chi connectivity index (χ1n) is 11.3. The summed E-state index contributed by atoms with van der Waals surface area (Å²) in [6, 6.07) is 8.07. The van der Waals surface area contributed by atoms with Gasteiger partial charge >= 0.3 is 0 Å². The minimum atomic E-state index is 0.0803. The fourth-order valence-electron chi connectivity index (χ4n) is 4.48. The lowest BCUT2D eigenvalue weighted by Gasteiger charge is -2.28. The van der Waals surface area contributed by atoms with E-state index in [4.69, 9.17) is 14.7 Å². The summed E-state index contributed by atoms with van der Waals surface area (Å²) in [6.45, 7) is 4.65. The van der Waals surface area contributed by atoms with Crippen LogP contribution < -0.4 is 4.90 Å². The average molecular weight is 461 g/mol. The minimum Gasteiger partial charge on any atom is -0.378 e. The fourth-order valence-corrected chi connectivity index (χ4v) is 5.50. The highest BCUT2D eigenvalue weighted by Crippen LogP contribution is 2.36. The highest BCUT2D eigenvalue weighted by Gasteiger charge is 2.21. The van der Waals surface area contributed by atoms with Gasteiger partial charge in [-0.25, -0.2) is 9.97 Å². The summed E-state index contributed by atoms with van der Waals surface area (Å²) in [5.41, 5.74) is 2.80. The highest BCUT2D eigenvalue weighted by molar-refractivity contribution is 7.20. The second kappa shape index (κ2) is 8.57. The van der Waals surface area contributed by atoms with Crippen LogP contribution in [0.5, 0.6) is 0 Å². The number of aromatic nitrogens is 4. The van der Waals surface area contributed by atoms with E-state index in [1.165, 1.54) is 0 Å². The number of likely N-dealkylation sites (tertiary alicyclic amines) is 1. The Morgan fingerprint density at radius 1 is 1.12 bits per heavy atom. The van der Waals surface area contributed by atoms with Crippen LogP contribution in [0.4, 0.5) is 5.82 Å². The number of anilines is 1. The van der Waals surface area contributed by atoms with Crippen molar-refractivity contribution in [2.75, 3.05) is 44.3 Å². The number of amides is 1. The minimum absolute atomic E-state index is 0.0803. The van der Waals surface area contributed by atoms with Crippen molar-refractivity contribution in [2.45, 2.75) is 12.8 Å². The van der Waals surface area contributed by atoms with Crippen LogP contribution in [0.1, 0.15) is 17.7 Å². The van der Waals surface area contributed by atoms with Crippen LogP contribution in [0.3, 0.4) is 0 Å². The number of carbonyl (C=O) groups excluding carboxylic acids is 1. The Morgan fingerprint density at radius 2 is 1.97 bits per heavy atom. The molecule has 0 spiro atoms.